The Labute approximate surface area is 120 Å². The highest BCUT2D eigenvalue weighted by atomic mass is 35.5. The topological polar surface area (TPSA) is 55.1 Å². The van der Waals surface area contributed by atoms with Gasteiger partial charge in [-0.15, -0.1) is 0 Å². The predicted molar refractivity (Wildman–Crippen MR) is 80.3 cm³/mol. The molecule has 0 saturated heterocycles. The summed E-state index contributed by atoms with van der Waals surface area (Å²) in [6, 6.07) is 7.24. The molecular formula is C15H23ClN2O. The third-order valence-corrected chi connectivity index (χ3v) is 3.57. The highest BCUT2D eigenvalue weighted by Crippen LogP contribution is 2.24. The van der Waals surface area contributed by atoms with Crippen LogP contribution in [0.1, 0.15) is 33.3 Å². The Kier molecular flexibility index (Phi) is 5.39. The molecule has 106 valence electrons. The summed E-state index contributed by atoms with van der Waals surface area (Å²) in [5.41, 5.74) is 6.73. The Hall–Kier alpha value is -1.06. The predicted octanol–water partition coefficient (Wildman–Crippen LogP) is 2.72. The van der Waals surface area contributed by atoms with Crippen molar-refractivity contribution in [3.05, 3.63) is 34.9 Å². The molecule has 1 aromatic rings. The van der Waals surface area contributed by atoms with Crippen molar-refractivity contribution in [2.24, 2.45) is 11.7 Å². The van der Waals surface area contributed by atoms with Gasteiger partial charge in [0, 0.05) is 17.0 Å². The van der Waals surface area contributed by atoms with Gasteiger partial charge in [-0.1, -0.05) is 51.4 Å². The molecule has 4 heteroatoms. The van der Waals surface area contributed by atoms with E-state index in [1.54, 1.807) is 0 Å². The van der Waals surface area contributed by atoms with Gasteiger partial charge in [-0.2, -0.15) is 0 Å². The van der Waals surface area contributed by atoms with E-state index in [2.05, 4.69) is 19.2 Å². The number of hydrogen-bond donors (Lipinski definition) is 2. The lowest BCUT2D eigenvalue weighted by atomic mass is 9.84. The van der Waals surface area contributed by atoms with Crippen LogP contribution in [0.25, 0.3) is 0 Å². The van der Waals surface area contributed by atoms with Crippen molar-refractivity contribution in [1.82, 2.24) is 5.32 Å². The van der Waals surface area contributed by atoms with Gasteiger partial charge in [-0.25, -0.2) is 0 Å². The van der Waals surface area contributed by atoms with Gasteiger partial charge in [0.2, 0.25) is 5.91 Å². The highest BCUT2D eigenvalue weighted by molar-refractivity contribution is 6.30. The molecule has 1 aromatic carbocycles. The summed E-state index contributed by atoms with van der Waals surface area (Å²) in [6.45, 7) is 8.55. The molecule has 1 rings (SSSR count). The number of nitrogens with two attached hydrogens (primary N) is 1. The fraction of sp³-hybridized carbons (Fsp3) is 0.533. The Morgan fingerprint density at radius 2 is 2.05 bits per heavy atom. The average molecular weight is 283 g/mol. The number of hydrogen-bond acceptors (Lipinski definition) is 2. The SMILES string of the molecule is CC(C)[C@H](N)C(=O)NCC(C)(C)c1cccc(Cl)c1. The lowest BCUT2D eigenvalue weighted by Gasteiger charge is -2.27. The molecule has 0 heterocycles. The maximum absolute atomic E-state index is 11.9. The molecule has 19 heavy (non-hydrogen) atoms. The summed E-state index contributed by atoms with van der Waals surface area (Å²) >= 11 is 6.00. The molecule has 1 amide bonds. The first kappa shape index (κ1) is 16.0. The molecule has 0 aliphatic heterocycles. The first-order valence-electron chi connectivity index (χ1n) is 6.53. The number of rotatable bonds is 5. The number of halogens is 1. The fourth-order valence-electron chi connectivity index (χ4n) is 1.74. The van der Waals surface area contributed by atoms with Crippen molar-refractivity contribution in [2.45, 2.75) is 39.2 Å². The monoisotopic (exact) mass is 282 g/mol. The second-order valence-electron chi connectivity index (χ2n) is 5.88. The molecule has 0 aliphatic carbocycles. The summed E-state index contributed by atoms with van der Waals surface area (Å²) < 4.78 is 0. The van der Waals surface area contributed by atoms with E-state index in [0.717, 1.165) is 5.56 Å². The van der Waals surface area contributed by atoms with Crippen LogP contribution in [-0.4, -0.2) is 18.5 Å². The first-order valence-corrected chi connectivity index (χ1v) is 6.91. The minimum Gasteiger partial charge on any atom is -0.354 e. The second kappa shape index (κ2) is 6.40. The van der Waals surface area contributed by atoms with E-state index in [9.17, 15) is 4.79 Å². The molecule has 0 unspecified atom stereocenters. The molecule has 0 fully saturated rings. The standard InChI is InChI=1S/C15H23ClN2O/c1-10(2)13(17)14(19)18-9-15(3,4)11-6-5-7-12(16)8-11/h5-8,10,13H,9,17H2,1-4H3,(H,18,19)/t13-/m0/s1. The van der Waals surface area contributed by atoms with Crippen LogP contribution in [0.4, 0.5) is 0 Å². The molecule has 0 aliphatic rings. The largest absolute Gasteiger partial charge is 0.354 e. The molecule has 3 N–H and O–H groups in total. The molecule has 3 nitrogen and oxygen atoms in total. The zero-order valence-corrected chi connectivity index (χ0v) is 12.8. The Morgan fingerprint density at radius 1 is 1.42 bits per heavy atom. The molecule has 0 spiro atoms. The third kappa shape index (κ3) is 4.51. The van der Waals surface area contributed by atoms with Crippen LogP contribution in [0.2, 0.25) is 5.02 Å². The van der Waals surface area contributed by atoms with Crippen molar-refractivity contribution in [3.63, 3.8) is 0 Å². The van der Waals surface area contributed by atoms with Gasteiger partial charge in [0.1, 0.15) is 0 Å². The van der Waals surface area contributed by atoms with Crippen molar-refractivity contribution < 1.29 is 4.79 Å². The summed E-state index contributed by atoms with van der Waals surface area (Å²) in [4.78, 5) is 11.9. The van der Waals surface area contributed by atoms with Crippen LogP contribution >= 0.6 is 11.6 Å². The normalized spacial score (nSPS) is 13.4. The van der Waals surface area contributed by atoms with Crippen LogP contribution in [0.3, 0.4) is 0 Å². The van der Waals surface area contributed by atoms with Crippen LogP contribution in [0, 0.1) is 5.92 Å². The first-order chi connectivity index (χ1) is 8.74. The smallest absolute Gasteiger partial charge is 0.237 e. The number of benzene rings is 1. The van der Waals surface area contributed by atoms with Gasteiger partial charge in [-0.05, 0) is 23.6 Å². The zero-order chi connectivity index (χ0) is 14.6. The molecule has 0 aromatic heterocycles. The molecule has 0 bridgehead atoms. The third-order valence-electron chi connectivity index (χ3n) is 3.33. The van der Waals surface area contributed by atoms with E-state index in [1.807, 2.05) is 38.1 Å². The van der Waals surface area contributed by atoms with E-state index < -0.39 is 6.04 Å². The van der Waals surface area contributed by atoms with Crippen molar-refractivity contribution in [2.75, 3.05) is 6.54 Å². The van der Waals surface area contributed by atoms with Gasteiger partial charge < -0.3 is 11.1 Å². The van der Waals surface area contributed by atoms with Gasteiger partial charge in [0.25, 0.3) is 0 Å². The van der Waals surface area contributed by atoms with E-state index in [0.29, 0.717) is 11.6 Å². The minimum absolute atomic E-state index is 0.106. The van der Waals surface area contributed by atoms with Gasteiger partial charge in [-0.3, -0.25) is 4.79 Å². The number of nitrogens with one attached hydrogen (secondary N) is 1. The minimum atomic E-state index is -0.463. The molecular weight excluding hydrogens is 260 g/mol. The maximum atomic E-state index is 11.9. The lowest BCUT2D eigenvalue weighted by molar-refractivity contribution is -0.123. The molecule has 1 atom stereocenters. The molecule has 0 saturated carbocycles. The Bertz CT molecular complexity index is 444. The number of carbonyl (C=O) groups is 1. The number of carbonyl (C=O) groups excluding carboxylic acids is 1. The van der Waals surface area contributed by atoms with Crippen LogP contribution in [-0.2, 0) is 10.2 Å². The average Bonchev–Trinajstić information content (AvgIpc) is 2.35. The van der Waals surface area contributed by atoms with Crippen molar-refractivity contribution >= 4 is 17.5 Å². The summed E-state index contributed by atoms with van der Waals surface area (Å²) in [5.74, 6) is 0.0272. The summed E-state index contributed by atoms with van der Waals surface area (Å²) in [5, 5.41) is 3.62. The lowest BCUT2D eigenvalue weighted by Crippen LogP contribution is -2.47. The van der Waals surface area contributed by atoms with Crippen molar-refractivity contribution in [3.8, 4) is 0 Å². The van der Waals surface area contributed by atoms with Gasteiger partial charge in [0.05, 0.1) is 6.04 Å². The summed E-state index contributed by atoms with van der Waals surface area (Å²) in [7, 11) is 0. The highest BCUT2D eigenvalue weighted by Gasteiger charge is 2.24. The van der Waals surface area contributed by atoms with Crippen LogP contribution < -0.4 is 11.1 Å². The van der Waals surface area contributed by atoms with E-state index >= 15 is 0 Å². The number of amides is 1. The van der Waals surface area contributed by atoms with Gasteiger partial charge >= 0.3 is 0 Å². The Balaban J connectivity index is 2.68. The Morgan fingerprint density at radius 3 is 2.58 bits per heavy atom. The van der Waals surface area contributed by atoms with E-state index in [4.69, 9.17) is 17.3 Å². The van der Waals surface area contributed by atoms with E-state index in [-0.39, 0.29) is 17.2 Å². The maximum Gasteiger partial charge on any atom is 0.237 e. The van der Waals surface area contributed by atoms with Crippen LogP contribution in [0.15, 0.2) is 24.3 Å². The van der Waals surface area contributed by atoms with Gasteiger partial charge in [0.15, 0.2) is 0 Å². The second-order valence-corrected chi connectivity index (χ2v) is 6.32. The zero-order valence-electron chi connectivity index (χ0n) is 12.0. The van der Waals surface area contributed by atoms with Crippen LogP contribution in [0.5, 0.6) is 0 Å². The molecule has 0 radical (unpaired) electrons. The quantitative estimate of drug-likeness (QED) is 0.872. The summed E-state index contributed by atoms with van der Waals surface area (Å²) in [6.07, 6.45) is 0. The van der Waals surface area contributed by atoms with E-state index in [1.165, 1.54) is 0 Å². The van der Waals surface area contributed by atoms with Crippen molar-refractivity contribution in [1.29, 1.82) is 0 Å². The fourth-order valence-corrected chi connectivity index (χ4v) is 1.93.